The molecule has 2 unspecified atom stereocenters. The van der Waals surface area contributed by atoms with Crippen LogP contribution in [0.15, 0.2) is 23.8 Å². The predicted octanol–water partition coefficient (Wildman–Crippen LogP) is 3.55. The van der Waals surface area contributed by atoms with Crippen molar-refractivity contribution < 1.29 is 4.79 Å². The highest BCUT2D eigenvalue weighted by atomic mass is 16.1. The molecule has 0 aliphatic heterocycles. The van der Waals surface area contributed by atoms with Gasteiger partial charge in [-0.15, -0.1) is 6.58 Å². The van der Waals surface area contributed by atoms with Crippen LogP contribution >= 0.6 is 0 Å². The molecule has 2 nitrogen and oxygen atoms in total. The van der Waals surface area contributed by atoms with E-state index in [1.54, 1.807) is 0 Å². The van der Waals surface area contributed by atoms with Gasteiger partial charge in [0.1, 0.15) is 0 Å². The Kier molecular flexibility index (Phi) is 2.73. The molecule has 0 aromatic carbocycles. The molecule has 0 heterocycles. The van der Waals surface area contributed by atoms with Crippen LogP contribution < -0.4 is 0 Å². The van der Waals surface area contributed by atoms with Crippen molar-refractivity contribution in [3.05, 3.63) is 23.8 Å². The number of rotatable bonds is 1. The number of Topliss-reactive ketones (excluding diaryl/α,β-unsaturated/α-hetero) is 1. The van der Waals surface area contributed by atoms with Crippen molar-refractivity contribution >= 4 is 5.78 Å². The van der Waals surface area contributed by atoms with Gasteiger partial charge < -0.3 is 0 Å². The fourth-order valence-corrected chi connectivity index (χ4v) is 3.34. The number of nitriles is 1. The van der Waals surface area contributed by atoms with Crippen LogP contribution in [0.25, 0.3) is 0 Å². The van der Waals surface area contributed by atoms with E-state index >= 15 is 0 Å². The minimum absolute atomic E-state index is 0.0416. The lowest BCUT2D eigenvalue weighted by atomic mass is 9.56. The highest BCUT2D eigenvalue weighted by Crippen LogP contribution is 2.54. The van der Waals surface area contributed by atoms with Crippen LogP contribution in [0, 0.1) is 22.2 Å². The second kappa shape index (κ2) is 3.84. The standard InChI is InChI=1S/C15H19NO/c1-4-14(3)7-5-12-11(2)13(17)6-8-15(12,9-14)10-16/h4H,1,5-9H2,2-3H3. The Morgan fingerprint density at radius 2 is 2.12 bits per heavy atom. The summed E-state index contributed by atoms with van der Waals surface area (Å²) in [5.74, 6) is 0.230. The molecule has 2 rings (SSSR count). The van der Waals surface area contributed by atoms with Crippen LogP contribution in [0.1, 0.15) is 46.0 Å². The molecule has 0 N–H and O–H groups in total. The Morgan fingerprint density at radius 3 is 2.71 bits per heavy atom. The van der Waals surface area contributed by atoms with Gasteiger partial charge in [-0.1, -0.05) is 13.0 Å². The fourth-order valence-electron chi connectivity index (χ4n) is 3.34. The summed E-state index contributed by atoms with van der Waals surface area (Å²) in [6.07, 6.45) is 5.89. The van der Waals surface area contributed by atoms with Gasteiger partial charge in [-0.3, -0.25) is 4.79 Å². The van der Waals surface area contributed by atoms with Crippen molar-refractivity contribution in [2.24, 2.45) is 10.8 Å². The molecule has 0 aromatic rings. The maximum absolute atomic E-state index is 11.8. The summed E-state index contributed by atoms with van der Waals surface area (Å²) in [5.41, 5.74) is 1.60. The number of carbonyl (C=O) groups excluding carboxylic acids is 1. The first-order chi connectivity index (χ1) is 7.96. The number of hydrogen-bond donors (Lipinski definition) is 0. The van der Waals surface area contributed by atoms with E-state index in [9.17, 15) is 10.1 Å². The largest absolute Gasteiger partial charge is 0.295 e. The Morgan fingerprint density at radius 1 is 1.41 bits per heavy atom. The fraction of sp³-hybridized carbons (Fsp3) is 0.600. The average Bonchev–Trinajstić information content (AvgIpc) is 2.34. The quantitative estimate of drug-likeness (QED) is 0.645. The van der Waals surface area contributed by atoms with Crippen LogP contribution in [0.3, 0.4) is 0 Å². The molecule has 2 aliphatic carbocycles. The van der Waals surface area contributed by atoms with Crippen LogP contribution in [-0.2, 0) is 4.79 Å². The summed E-state index contributed by atoms with van der Waals surface area (Å²) in [6, 6.07) is 2.50. The number of nitrogens with zero attached hydrogens (tertiary/aromatic N) is 1. The van der Waals surface area contributed by atoms with E-state index in [0.29, 0.717) is 12.8 Å². The van der Waals surface area contributed by atoms with E-state index in [1.165, 1.54) is 0 Å². The van der Waals surface area contributed by atoms with Crippen molar-refractivity contribution in [2.45, 2.75) is 46.0 Å². The molecule has 2 aliphatic rings. The van der Waals surface area contributed by atoms with Gasteiger partial charge in [0, 0.05) is 6.42 Å². The second-order valence-electron chi connectivity index (χ2n) is 5.76. The van der Waals surface area contributed by atoms with E-state index in [4.69, 9.17) is 0 Å². The number of allylic oxidation sites excluding steroid dienone is 3. The molecule has 1 saturated carbocycles. The van der Waals surface area contributed by atoms with Gasteiger partial charge in [-0.25, -0.2) is 0 Å². The molecule has 90 valence electrons. The molecular weight excluding hydrogens is 210 g/mol. The molecule has 0 aromatic heterocycles. The molecule has 2 heteroatoms. The smallest absolute Gasteiger partial charge is 0.158 e. The van der Waals surface area contributed by atoms with Crippen molar-refractivity contribution in [3.63, 3.8) is 0 Å². The van der Waals surface area contributed by atoms with Crippen molar-refractivity contribution in [1.29, 1.82) is 5.26 Å². The minimum atomic E-state index is -0.404. The first kappa shape index (κ1) is 12.1. The van der Waals surface area contributed by atoms with Gasteiger partial charge in [0.05, 0.1) is 11.5 Å². The van der Waals surface area contributed by atoms with Crippen molar-refractivity contribution in [3.8, 4) is 6.07 Å². The molecule has 0 amide bonds. The second-order valence-corrected chi connectivity index (χ2v) is 5.76. The Labute approximate surface area is 103 Å². The van der Waals surface area contributed by atoms with Crippen LogP contribution in [0.4, 0.5) is 0 Å². The minimum Gasteiger partial charge on any atom is -0.295 e. The highest BCUT2D eigenvalue weighted by Gasteiger charge is 2.47. The first-order valence-electron chi connectivity index (χ1n) is 6.25. The van der Waals surface area contributed by atoms with Gasteiger partial charge in [0.2, 0.25) is 0 Å². The summed E-state index contributed by atoms with van der Waals surface area (Å²) in [4.78, 5) is 11.8. The van der Waals surface area contributed by atoms with E-state index < -0.39 is 5.41 Å². The van der Waals surface area contributed by atoms with E-state index in [-0.39, 0.29) is 11.2 Å². The SMILES string of the molecule is C=CC1(C)CCC2=C(C)C(=O)CCC2(C#N)C1. The topological polar surface area (TPSA) is 40.9 Å². The number of carbonyl (C=O) groups is 1. The number of fused-ring (bicyclic) bond motifs is 1. The number of ketones is 1. The van der Waals surface area contributed by atoms with E-state index in [2.05, 4.69) is 19.6 Å². The van der Waals surface area contributed by atoms with Gasteiger partial charge in [0.15, 0.2) is 5.78 Å². The lowest BCUT2D eigenvalue weighted by Gasteiger charge is -2.45. The molecule has 2 atom stereocenters. The third-order valence-corrected chi connectivity index (χ3v) is 4.59. The molecule has 0 radical (unpaired) electrons. The highest BCUT2D eigenvalue weighted by molar-refractivity contribution is 5.97. The summed E-state index contributed by atoms with van der Waals surface area (Å²) in [7, 11) is 0. The maximum atomic E-state index is 11.8. The normalized spacial score (nSPS) is 37.4. The summed E-state index contributed by atoms with van der Waals surface area (Å²) < 4.78 is 0. The molecule has 0 bridgehead atoms. The van der Waals surface area contributed by atoms with Crippen LogP contribution in [0.2, 0.25) is 0 Å². The van der Waals surface area contributed by atoms with Crippen LogP contribution in [-0.4, -0.2) is 5.78 Å². The van der Waals surface area contributed by atoms with E-state index in [0.717, 1.165) is 30.4 Å². The zero-order chi connectivity index (χ0) is 12.7. The Bertz CT molecular complexity index is 454. The lowest BCUT2D eigenvalue weighted by Crippen LogP contribution is -2.38. The predicted molar refractivity (Wildman–Crippen MR) is 67.1 cm³/mol. The third kappa shape index (κ3) is 1.74. The van der Waals surface area contributed by atoms with Gasteiger partial charge in [-0.2, -0.15) is 5.26 Å². The molecular formula is C15H19NO. The first-order valence-corrected chi connectivity index (χ1v) is 6.25. The Hall–Kier alpha value is -1.36. The lowest BCUT2D eigenvalue weighted by molar-refractivity contribution is -0.116. The van der Waals surface area contributed by atoms with Gasteiger partial charge in [0.25, 0.3) is 0 Å². The van der Waals surface area contributed by atoms with Crippen molar-refractivity contribution in [2.75, 3.05) is 0 Å². The summed E-state index contributed by atoms with van der Waals surface area (Å²) in [6.45, 7) is 7.96. The summed E-state index contributed by atoms with van der Waals surface area (Å²) >= 11 is 0. The zero-order valence-corrected chi connectivity index (χ0v) is 10.7. The maximum Gasteiger partial charge on any atom is 0.158 e. The third-order valence-electron chi connectivity index (χ3n) is 4.59. The zero-order valence-electron chi connectivity index (χ0n) is 10.7. The van der Waals surface area contributed by atoms with Crippen LogP contribution in [0.5, 0.6) is 0 Å². The monoisotopic (exact) mass is 229 g/mol. The average molecular weight is 229 g/mol. The van der Waals surface area contributed by atoms with Gasteiger partial charge >= 0.3 is 0 Å². The molecule has 0 saturated heterocycles. The summed E-state index contributed by atoms with van der Waals surface area (Å²) in [5, 5.41) is 9.58. The number of hydrogen-bond acceptors (Lipinski definition) is 2. The Balaban J connectivity index is 2.48. The molecule has 1 fully saturated rings. The molecule has 0 spiro atoms. The molecule has 17 heavy (non-hydrogen) atoms. The van der Waals surface area contributed by atoms with Crippen molar-refractivity contribution in [1.82, 2.24) is 0 Å². The van der Waals surface area contributed by atoms with E-state index in [1.807, 2.05) is 13.0 Å². The van der Waals surface area contributed by atoms with Gasteiger partial charge in [-0.05, 0) is 49.2 Å².